The smallest absolute Gasteiger partial charge is 0.152 e. The summed E-state index contributed by atoms with van der Waals surface area (Å²) in [5.74, 6) is 6.12. The fraction of sp³-hybridized carbons (Fsp3) is 0.222. The highest BCUT2D eigenvalue weighted by molar-refractivity contribution is 5.15. The van der Waals surface area contributed by atoms with Crippen molar-refractivity contribution in [2.75, 3.05) is 0 Å². The molecule has 0 fully saturated rings. The molecule has 2 heterocycles. The summed E-state index contributed by atoms with van der Waals surface area (Å²) in [5.41, 5.74) is 3.60. The van der Waals surface area contributed by atoms with E-state index in [-0.39, 0.29) is 6.04 Å². The molecule has 6 nitrogen and oxygen atoms in total. The maximum Gasteiger partial charge on any atom is 0.152 e. The first kappa shape index (κ1) is 9.75. The molecule has 3 N–H and O–H groups in total. The average molecular weight is 204 g/mol. The number of nitrogens with two attached hydrogens (primary N) is 1. The van der Waals surface area contributed by atoms with Gasteiger partial charge in [0.2, 0.25) is 0 Å². The monoisotopic (exact) mass is 204 g/mol. The Hall–Kier alpha value is -1.79. The van der Waals surface area contributed by atoms with E-state index in [1.165, 1.54) is 0 Å². The van der Waals surface area contributed by atoms with Crippen LogP contribution >= 0.6 is 0 Å². The third-order valence-electron chi connectivity index (χ3n) is 2.17. The van der Waals surface area contributed by atoms with E-state index >= 15 is 0 Å². The van der Waals surface area contributed by atoms with Gasteiger partial charge < -0.3 is 0 Å². The fourth-order valence-electron chi connectivity index (χ4n) is 1.42. The topological polar surface area (TPSA) is 81.7 Å². The largest absolute Gasteiger partial charge is 0.271 e. The van der Waals surface area contributed by atoms with Crippen LogP contribution in [0, 0.1) is 0 Å². The quantitative estimate of drug-likeness (QED) is 0.533. The zero-order valence-electron chi connectivity index (χ0n) is 8.33. The molecule has 15 heavy (non-hydrogen) atoms. The summed E-state index contributed by atoms with van der Waals surface area (Å²) in [5, 5.41) is 4.08. The van der Waals surface area contributed by atoms with Crippen molar-refractivity contribution in [1.29, 1.82) is 0 Å². The number of hydrogen-bond acceptors (Lipinski definition) is 5. The van der Waals surface area contributed by atoms with Crippen molar-refractivity contribution in [2.45, 2.75) is 6.04 Å². The van der Waals surface area contributed by atoms with E-state index in [1.54, 1.807) is 29.3 Å². The number of hydrazine groups is 1. The number of hydrogen-bond donors (Lipinski definition) is 2. The molecule has 2 rings (SSSR count). The van der Waals surface area contributed by atoms with Crippen LogP contribution in [0.3, 0.4) is 0 Å². The van der Waals surface area contributed by atoms with Gasteiger partial charge in [0, 0.05) is 25.6 Å². The van der Waals surface area contributed by atoms with Crippen molar-refractivity contribution in [3.05, 3.63) is 42.2 Å². The zero-order chi connectivity index (χ0) is 10.7. The van der Waals surface area contributed by atoms with E-state index in [1.807, 2.05) is 13.1 Å². The minimum atomic E-state index is -0.237. The molecule has 6 heteroatoms. The van der Waals surface area contributed by atoms with Gasteiger partial charge in [0.25, 0.3) is 0 Å². The Morgan fingerprint density at radius 1 is 1.33 bits per heavy atom. The molecule has 0 aliphatic carbocycles. The molecule has 78 valence electrons. The maximum atomic E-state index is 5.49. The first-order chi connectivity index (χ1) is 7.33. The van der Waals surface area contributed by atoms with Crippen molar-refractivity contribution in [3.8, 4) is 0 Å². The van der Waals surface area contributed by atoms with E-state index in [9.17, 15) is 0 Å². The molecule has 0 bridgehead atoms. The molecule has 0 radical (unpaired) electrons. The minimum Gasteiger partial charge on any atom is -0.271 e. The molecule has 0 aliphatic heterocycles. The lowest BCUT2D eigenvalue weighted by Crippen LogP contribution is -2.31. The minimum absolute atomic E-state index is 0.237. The highest BCUT2D eigenvalue weighted by atomic mass is 15.3. The van der Waals surface area contributed by atoms with Gasteiger partial charge in [-0.1, -0.05) is 0 Å². The van der Waals surface area contributed by atoms with E-state index in [0.29, 0.717) is 5.82 Å². The van der Waals surface area contributed by atoms with Crippen molar-refractivity contribution in [2.24, 2.45) is 12.9 Å². The lowest BCUT2D eigenvalue weighted by atomic mass is 10.2. The molecule has 0 saturated heterocycles. The van der Waals surface area contributed by atoms with Crippen molar-refractivity contribution in [3.63, 3.8) is 0 Å². The van der Waals surface area contributed by atoms with E-state index in [2.05, 4.69) is 20.5 Å². The second-order valence-corrected chi connectivity index (χ2v) is 3.09. The Bertz CT molecular complexity index is 423. The average Bonchev–Trinajstić information content (AvgIpc) is 2.68. The normalized spacial score (nSPS) is 12.7. The maximum absolute atomic E-state index is 5.49. The summed E-state index contributed by atoms with van der Waals surface area (Å²) in [6, 6.07) is 3.40. The number of rotatable bonds is 3. The Morgan fingerprint density at radius 3 is 2.60 bits per heavy atom. The standard InChI is InChI=1S/C9H12N6/c1-15-7(3-6-13-15)8(14-10)9-11-4-2-5-12-9/h2-6,8,14H,10H2,1H3. The van der Waals surface area contributed by atoms with Gasteiger partial charge in [-0.05, 0) is 12.1 Å². The molecule has 0 amide bonds. The Morgan fingerprint density at radius 2 is 2.07 bits per heavy atom. The lowest BCUT2D eigenvalue weighted by molar-refractivity contribution is 0.550. The summed E-state index contributed by atoms with van der Waals surface area (Å²) in [7, 11) is 1.85. The van der Waals surface area contributed by atoms with Crippen LogP contribution in [-0.2, 0) is 7.05 Å². The second kappa shape index (κ2) is 4.16. The highest BCUT2D eigenvalue weighted by Crippen LogP contribution is 2.15. The van der Waals surface area contributed by atoms with E-state index < -0.39 is 0 Å². The summed E-state index contributed by atoms with van der Waals surface area (Å²) in [4.78, 5) is 8.30. The Labute approximate surface area is 87.1 Å². The van der Waals surface area contributed by atoms with Crippen LogP contribution in [-0.4, -0.2) is 19.7 Å². The summed E-state index contributed by atoms with van der Waals surface area (Å²) >= 11 is 0. The van der Waals surface area contributed by atoms with E-state index in [0.717, 1.165) is 5.69 Å². The summed E-state index contributed by atoms with van der Waals surface area (Å²) in [6.45, 7) is 0. The van der Waals surface area contributed by atoms with Crippen molar-refractivity contribution in [1.82, 2.24) is 25.2 Å². The zero-order valence-corrected chi connectivity index (χ0v) is 8.33. The van der Waals surface area contributed by atoms with Gasteiger partial charge in [-0.25, -0.2) is 15.4 Å². The first-order valence-electron chi connectivity index (χ1n) is 4.54. The van der Waals surface area contributed by atoms with Crippen LogP contribution in [0.4, 0.5) is 0 Å². The molecule has 0 spiro atoms. The number of nitrogens with zero attached hydrogens (tertiary/aromatic N) is 4. The van der Waals surface area contributed by atoms with Crippen LogP contribution in [0.2, 0.25) is 0 Å². The number of aryl methyl sites for hydroxylation is 1. The third kappa shape index (κ3) is 1.85. The van der Waals surface area contributed by atoms with Crippen molar-refractivity contribution < 1.29 is 0 Å². The fourth-order valence-corrected chi connectivity index (χ4v) is 1.42. The van der Waals surface area contributed by atoms with Gasteiger partial charge in [0.1, 0.15) is 6.04 Å². The van der Waals surface area contributed by atoms with Gasteiger partial charge >= 0.3 is 0 Å². The lowest BCUT2D eigenvalue weighted by Gasteiger charge is -2.14. The molecule has 2 aromatic heterocycles. The second-order valence-electron chi connectivity index (χ2n) is 3.09. The number of aromatic nitrogens is 4. The SMILES string of the molecule is Cn1nccc1C(NN)c1ncccn1. The number of nitrogens with one attached hydrogen (secondary N) is 1. The van der Waals surface area contributed by atoms with Gasteiger partial charge in [0.15, 0.2) is 5.82 Å². The molecule has 2 aromatic rings. The summed E-state index contributed by atoms with van der Waals surface area (Å²) < 4.78 is 1.74. The van der Waals surface area contributed by atoms with E-state index in [4.69, 9.17) is 5.84 Å². The molecular formula is C9H12N6. The Kier molecular flexibility index (Phi) is 2.70. The van der Waals surface area contributed by atoms with Gasteiger partial charge in [0.05, 0.1) is 5.69 Å². The first-order valence-corrected chi connectivity index (χ1v) is 4.54. The molecule has 0 saturated carbocycles. The molecular weight excluding hydrogens is 192 g/mol. The van der Waals surface area contributed by atoms with Gasteiger partial charge in [-0.15, -0.1) is 0 Å². The van der Waals surface area contributed by atoms with Crippen LogP contribution in [0.25, 0.3) is 0 Å². The molecule has 1 atom stereocenters. The van der Waals surface area contributed by atoms with Crippen LogP contribution in [0.1, 0.15) is 17.6 Å². The van der Waals surface area contributed by atoms with Gasteiger partial charge in [-0.2, -0.15) is 5.10 Å². The summed E-state index contributed by atoms with van der Waals surface area (Å²) in [6.07, 6.45) is 5.08. The molecule has 0 aliphatic rings. The van der Waals surface area contributed by atoms with Crippen molar-refractivity contribution >= 4 is 0 Å². The Balaban J connectivity index is 2.37. The predicted molar refractivity (Wildman–Crippen MR) is 54.4 cm³/mol. The van der Waals surface area contributed by atoms with Gasteiger partial charge in [-0.3, -0.25) is 10.5 Å². The highest BCUT2D eigenvalue weighted by Gasteiger charge is 2.17. The molecule has 0 aromatic carbocycles. The predicted octanol–water partition coefficient (Wildman–Crippen LogP) is -0.237. The third-order valence-corrected chi connectivity index (χ3v) is 2.17. The van der Waals surface area contributed by atoms with Crippen LogP contribution in [0.5, 0.6) is 0 Å². The van der Waals surface area contributed by atoms with Crippen LogP contribution in [0.15, 0.2) is 30.7 Å². The molecule has 1 unspecified atom stereocenters. The van der Waals surface area contributed by atoms with Crippen LogP contribution < -0.4 is 11.3 Å².